The molecule has 0 aliphatic heterocycles. The van der Waals surface area contributed by atoms with Crippen molar-refractivity contribution in [3.8, 4) is 0 Å². The minimum atomic E-state index is -1.06. The lowest BCUT2D eigenvalue weighted by molar-refractivity contribution is 0.0655. The quantitative estimate of drug-likeness (QED) is 0.890. The standard InChI is InChI=1S/C16H18ClNO3/c1-10(12-5-4-6-13(17)9-12)18(3)11(2)14-7-8-15(21-14)16(19)20/h4-11H,1-3H3,(H,19,20). The number of halogens is 1. The maximum absolute atomic E-state index is 10.9. The Morgan fingerprint density at radius 3 is 2.52 bits per heavy atom. The van der Waals surface area contributed by atoms with Crippen molar-refractivity contribution >= 4 is 17.6 Å². The Morgan fingerprint density at radius 1 is 1.24 bits per heavy atom. The van der Waals surface area contributed by atoms with E-state index in [1.807, 2.05) is 38.2 Å². The molecule has 0 saturated carbocycles. The maximum atomic E-state index is 10.9. The summed E-state index contributed by atoms with van der Waals surface area (Å²) < 4.78 is 5.37. The largest absolute Gasteiger partial charge is 0.475 e. The molecule has 0 fully saturated rings. The molecule has 1 aromatic heterocycles. The number of nitrogens with zero attached hydrogens (tertiary/aromatic N) is 1. The number of carbonyl (C=O) groups is 1. The van der Waals surface area contributed by atoms with Crippen molar-refractivity contribution < 1.29 is 14.3 Å². The molecule has 21 heavy (non-hydrogen) atoms. The first-order chi connectivity index (χ1) is 9.90. The van der Waals surface area contributed by atoms with Crippen LogP contribution in [0.3, 0.4) is 0 Å². The lowest BCUT2D eigenvalue weighted by Crippen LogP contribution is -2.25. The molecule has 2 aromatic rings. The molecule has 1 N–H and O–H groups in total. The molecular formula is C16H18ClNO3. The van der Waals surface area contributed by atoms with Gasteiger partial charge in [-0.2, -0.15) is 0 Å². The number of aromatic carboxylic acids is 1. The Bertz CT molecular complexity index is 638. The summed E-state index contributed by atoms with van der Waals surface area (Å²) in [6.45, 7) is 4.05. The third-order valence-electron chi connectivity index (χ3n) is 3.80. The lowest BCUT2D eigenvalue weighted by atomic mass is 10.1. The average molecular weight is 308 g/mol. The number of carboxylic acids is 1. The van der Waals surface area contributed by atoms with Gasteiger partial charge in [-0.25, -0.2) is 4.79 Å². The van der Waals surface area contributed by atoms with Gasteiger partial charge in [0.05, 0.1) is 6.04 Å². The van der Waals surface area contributed by atoms with E-state index in [1.165, 1.54) is 6.07 Å². The van der Waals surface area contributed by atoms with Crippen molar-refractivity contribution in [3.63, 3.8) is 0 Å². The molecule has 0 spiro atoms. The molecule has 0 saturated heterocycles. The molecule has 0 radical (unpaired) electrons. The van der Waals surface area contributed by atoms with Crippen LogP contribution < -0.4 is 0 Å². The van der Waals surface area contributed by atoms with Crippen LogP contribution in [0.1, 0.15) is 47.8 Å². The van der Waals surface area contributed by atoms with E-state index >= 15 is 0 Å². The molecular weight excluding hydrogens is 290 g/mol. The Morgan fingerprint density at radius 2 is 1.95 bits per heavy atom. The molecule has 1 aromatic carbocycles. The van der Waals surface area contributed by atoms with E-state index in [9.17, 15) is 4.79 Å². The smallest absolute Gasteiger partial charge is 0.371 e. The second-order valence-electron chi connectivity index (χ2n) is 5.08. The van der Waals surface area contributed by atoms with Gasteiger partial charge in [0, 0.05) is 11.1 Å². The summed E-state index contributed by atoms with van der Waals surface area (Å²) in [5.74, 6) is -0.469. The van der Waals surface area contributed by atoms with Gasteiger partial charge >= 0.3 is 5.97 Å². The highest BCUT2D eigenvalue weighted by Crippen LogP contribution is 2.30. The van der Waals surface area contributed by atoms with Crippen LogP contribution in [0.5, 0.6) is 0 Å². The predicted molar refractivity (Wildman–Crippen MR) is 81.7 cm³/mol. The van der Waals surface area contributed by atoms with E-state index in [1.54, 1.807) is 6.07 Å². The highest BCUT2D eigenvalue weighted by molar-refractivity contribution is 6.30. The molecule has 2 rings (SSSR count). The number of hydrogen-bond acceptors (Lipinski definition) is 3. The molecule has 0 bridgehead atoms. The fourth-order valence-electron chi connectivity index (χ4n) is 2.23. The zero-order chi connectivity index (χ0) is 15.6. The third-order valence-corrected chi connectivity index (χ3v) is 4.04. The third kappa shape index (κ3) is 3.46. The summed E-state index contributed by atoms with van der Waals surface area (Å²) in [7, 11) is 1.97. The van der Waals surface area contributed by atoms with Crippen LogP contribution in [0.25, 0.3) is 0 Å². The molecule has 0 amide bonds. The summed E-state index contributed by atoms with van der Waals surface area (Å²) in [4.78, 5) is 13.0. The van der Waals surface area contributed by atoms with Gasteiger partial charge in [-0.05, 0) is 50.7 Å². The van der Waals surface area contributed by atoms with Gasteiger partial charge in [-0.3, -0.25) is 4.90 Å². The van der Waals surface area contributed by atoms with Gasteiger partial charge in [-0.15, -0.1) is 0 Å². The van der Waals surface area contributed by atoms with Crippen molar-refractivity contribution in [1.29, 1.82) is 0 Å². The Balaban J connectivity index is 2.17. The van der Waals surface area contributed by atoms with Gasteiger partial charge in [0.25, 0.3) is 0 Å². The van der Waals surface area contributed by atoms with Gasteiger partial charge in [-0.1, -0.05) is 23.7 Å². The highest BCUT2D eigenvalue weighted by atomic mass is 35.5. The van der Waals surface area contributed by atoms with Crippen LogP contribution in [0.15, 0.2) is 40.8 Å². The average Bonchev–Trinajstić information content (AvgIpc) is 2.95. The fourth-order valence-corrected chi connectivity index (χ4v) is 2.43. The Kier molecular flexibility index (Phi) is 4.70. The summed E-state index contributed by atoms with van der Waals surface area (Å²) in [5, 5.41) is 9.61. The van der Waals surface area contributed by atoms with E-state index in [2.05, 4.69) is 11.8 Å². The number of carboxylic acid groups (broad SMARTS) is 1. The van der Waals surface area contributed by atoms with Crippen molar-refractivity contribution in [1.82, 2.24) is 4.90 Å². The van der Waals surface area contributed by atoms with Crippen molar-refractivity contribution in [3.05, 3.63) is 58.5 Å². The van der Waals surface area contributed by atoms with Gasteiger partial charge in [0.15, 0.2) is 0 Å². The summed E-state index contributed by atoms with van der Waals surface area (Å²) in [6, 6.07) is 11.0. The molecule has 0 aliphatic carbocycles. The van der Waals surface area contributed by atoms with E-state index in [0.717, 1.165) is 5.56 Å². The zero-order valence-corrected chi connectivity index (χ0v) is 13.0. The van der Waals surface area contributed by atoms with E-state index in [-0.39, 0.29) is 17.8 Å². The SMILES string of the molecule is CC(c1cccc(Cl)c1)N(C)C(C)c1ccc(C(=O)O)o1. The first-order valence-corrected chi connectivity index (χ1v) is 7.08. The molecule has 5 heteroatoms. The highest BCUT2D eigenvalue weighted by Gasteiger charge is 2.22. The van der Waals surface area contributed by atoms with Gasteiger partial charge in [0.2, 0.25) is 5.76 Å². The van der Waals surface area contributed by atoms with Gasteiger partial charge < -0.3 is 9.52 Å². The van der Waals surface area contributed by atoms with Crippen LogP contribution in [0.2, 0.25) is 5.02 Å². The summed E-state index contributed by atoms with van der Waals surface area (Å²) >= 11 is 6.03. The molecule has 4 nitrogen and oxygen atoms in total. The van der Waals surface area contributed by atoms with Crippen molar-refractivity contribution in [2.75, 3.05) is 7.05 Å². The van der Waals surface area contributed by atoms with Crippen LogP contribution in [-0.2, 0) is 0 Å². The summed E-state index contributed by atoms with van der Waals surface area (Å²) in [5.41, 5.74) is 1.10. The molecule has 112 valence electrons. The maximum Gasteiger partial charge on any atom is 0.371 e. The minimum Gasteiger partial charge on any atom is -0.475 e. The zero-order valence-electron chi connectivity index (χ0n) is 12.2. The van der Waals surface area contributed by atoms with Crippen LogP contribution in [0, 0.1) is 0 Å². The van der Waals surface area contributed by atoms with E-state index < -0.39 is 5.97 Å². The Labute approximate surface area is 128 Å². The number of benzene rings is 1. The molecule has 0 aliphatic rings. The molecule has 2 atom stereocenters. The fraction of sp³-hybridized carbons (Fsp3) is 0.312. The molecule has 1 heterocycles. The predicted octanol–water partition coefficient (Wildman–Crippen LogP) is 4.39. The minimum absolute atomic E-state index is 0.0411. The number of hydrogen-bond donors (Lipinski definition) is 1. The van der Waals surface area contributed by atoms with Crippen LogP contribution in [-0.4, -0.2) is 23.0 Å². The second kappa shape index (κ2) is 6.33. The Hall–Kier alpha value is -1.78. The van der Waals surface area contributed by atoms with E-state index in [4.69, 9.17) is 21.1 Å². The summed E-state index contributed by atoms with van der Waals surface area (Å²) in [6.07, 6.45) is 0. The number of furan rings is 1. The topological polar surface area (TPSA) is 53.7 Å². The van der Waals surface area contributed by atoms with Crippen LogP contribution in [0.4, 0.5) is 0 Å². The van der Waals surface area contributed by atoms with Crippen molar-refractivity contribution in [2.45, 2.75) is 25.9 Å². The first kappa shape index (κ1) is 15.6. The van der Waals surface area contributed by atoms with Crippen molar-refractivity contribution in [2.24, 2.45) is 0 Å². The van der Waals surface area contributed by atoms with Crippen LogP contribution >= 0.6 is 11.6 Å². The van der Waals surface area contributed by atoms with E-state index in [0.29, 0.717) is 10.8 Å². The monoisotopic (exact) mass is 307 g/mol. The lowest BCUT2D eigenvalue weighted by Gasteiger charge is -2.30. The first-order valence-electron chi connectivity index (χ1n) is 6.70. The molecule has 2 unspecified atom stereocenters. The van der Waals surface area contributed by atoms with Gasteiger partial charge in [0.1, 0.15) is 5.76 Å². The second-order valence-corrected chi connectivity index (χ2v) is 5.52. The number of rotatable bonds is 5. The normalized spacial score (nSPS) is 14.1.